The molecule has 1 saturated carbocycles. The molecule has 0 aliphatic heterocycles. The molecule has 0 aromatic heterocycles. The van der Waals surface area contributed by atoms with Crippen molar-refractivity contribution in [2.45, 2.75) is 137 Å². The maximum atomic E-state index is 13.1. The number of rotatable bonds is 17. The van der Waals surface area contributed by atoms with Gasteiger partial charge in [-0.1, -0.05) is 122 Å². The van der Waals surface area contributed by atoms with Gasteiger partial charge in [0.15, 0.2) is 0 Å². The lowest BCUT2D eigenvalue weighted by molar-refractivity contribution is 0.0701. The Balaban J connectivity index is 1.52. The zero-order valence-corrected chi connectivity index (χ0v) is 28.1. The van der Waals surface area contributed by atoms with Crippen molar-refractivity contribution in [1.29, 1.82) is 0 Å². The summed E-state index contributed by atoms with van der Waals surface area (Å²) in [7, 11) is 0. The van der Waals surface area contributed by atoms with Gasteiger partial charge in [-0.25, -0.2) is 9.59 Å². The highest BCUT2D eigenvalue weighted by Gasteiger charge is 2.42. The van der Waals surface area contributed by atoms with Crippen LogP contribution >= 0.6 is 0 Å². The highest BCUT2D eigenvalue weighted by atomic mass is 16.6. The minimum absolute atomic E-state index is 0.00268. The summed E-state index contributed by atoms with van der Waals surface area (Å²) in [5.41, 5.74) is 1.95. The number of aryl methyl sites for hydroxylation is 2. The molecular weight excluding hydrogens is 548 g/mol. The van der Waals surface area contributed by atoms with Crippen LogP contribution in [0.2, 0.25) is 0 Å². The van der Waals surface area contributed by atoms with Gasteiger partial charge in [0.1, 0.15) is 11.5 Å². The molecule has 1 aliphatic rings. The minimum Gasteiger partial charge on any atom is -0.410 e. The third kappa shape index (κ3) is 12.5. The van der Waals surface area contributed by atoms with E-state index in [4.69, 9.17) is 9.47 Å². The first-order chi connectivity index (χ1) is 21.1. The van der Waals surface area contributed by atoms with Crippen molar-refractivity contribution in [3.05, 3.63) is 59.7 Å². The van der Waals surface area contributed by atoms with Crippen LogP contribution in [0.3, 0.4) is 0 Å². The van der Waals surface area contributed by atoms with E-state index in [0.717, 1.165) is 56.1 Å². The molecule has 44 heavy (non-hydrogen) atoms. The first-order valence-electron chi connectivity index (χ1n) is 17.2. The molecule has 2 atom stereocenters. The molecule has 1 aliphatic carbocycles. The first-order valence-corrected chi connectivity index (χ1v) is 17.2. The number of nitrogens with one attached hydrogen (secondary N) is 2. The Kier molecular flexibility index (Phi) is 14.6. The van der Waals surface area contributed by atoms with E-state index < -0.39 is 12.2 Å². The van der Waals surface area contributed by atoms with Gasteiger partial charge in [-0.3, -0.25) is 0 Å². The number of amides is 2. The Morgan fingerprint density at radius 3 is 1.75 bits per heavy atom. The standard InChI is InChI=1S/C38H58N2O4/c1-6-8-10-12-14-20-30-22-16-18-24-33(30)43-35(41)39-29-38(5)27-32(26-37(3,4)28-38)40-36(42)44-34-25-19-17-23-31(34)21-15-13-11-9-7-2/h16-19,22-25,32H,6-15,20-21,26-29H2,1-5H3,(H,39,41)(H,40,42). The van der Waals surface area contributed by atoms with E-state index in [0.29, 0.717) is 18.0 Å². The highest BCUT2D eigenvalue weighted by molar-refractivity contribution is 5.71. The molecule has 3 rings (SSSR count). The number of para-hydroxylation sites is 2. The zero-order valence-electron chi connectivity index (χ0n) is 28.1. The van der Waals surface area contributed by atoms with Crippen molar-refractivity contribution >= 4 is 12.2 Å². The van der Waals surface area contributed by atoms with Crippen molar-refractivity contribution in [1.82, 2.24) is 10.6 Å². The van der Waals surface area contributed by atoms with Crippen LogP contribution in [0.25, 0.3) is 0 Å². The number of ether oxygens (including phenoxy) is 2. The molecule has 6 heteroatoms. The second-order valence-corrected chi connectivity index (χ2v) is 14.1. The average Bonchev–Trinajstić information content (AvgIpc) is 2.96. The zero-order chi connectivity index (χ0) is 31.8. The second kappa shape index (κ2) is 18.1. The van der Waals surface area contributed by atoms with Crippen molar-refractivity contribution < 1.29 is 19.1 Å². The maximum Gasteiger partial charge on any atom is 0.412 e. The SMILES string of the molecule is CCCCCCCc1ccccc1OC(=O)NCC1(C)CC(NC(=O)Oc2ccccc2CCCCCCC)CC(C)(C)C1. The fourth-order valence-corrected chi connectivity index (χ4v) is 7.05. The molecule has 1 fully saturated rings. The number of unbranched alkanes of at least 4 members (excludes halogenated alkanes) is 8. The lowest BCUT2D eigenvalue weighted by Crippen LogP contribution is -2.51. The predicted octanol–water partition coefficient (Wildman–Crippen LogP) is 10.2. The monoisotopic (exact) mass is 606 g/mol. The lowest BCUT2D eigenvalue weighted by Gasteiger charge is -2.46. The lowest BCUT2D eigenvalue weighted by atomic mass is 9.62. The van der Waals surface area contributed by atoms with E-state index >= 15 is 0 Å². The Morgan fingerprint density at radius 2 is 1.20 bits per heavy atom. The molecule has 2 aromatic carbocycles. The van der Waals surface area contributed by atoms with Crippen LogP contribution in [0.15, 0.2) is 48.5 Å². The van der Waals surface area contributed by atoms with E-state index in [2.05, 4.69) is 57.4 Å². The predicted molar refractivity (Wildman–Crippen MR) is 181 cm³/mol. The van der Waals surface area contributed by atoms with Gasteiger partial charge in [-0.05, 0) is 79.0 Å². The number of benzene rings is 2. The number of carbonyl (C=O) groups is 2. The number of hydrogen-bond acceptors (Lipinski definition) is 4. The van der Waals surface area contributed by atoms with Crippen molar-refractivity contribution in [3.63, 3.8) is 0 Å². The van der Waals surface area contributed by atoms with E-state index in [9.17, 15) is 9.59 Å². The third-order valence-electron chi connectivity index (χ3n) is 8.87. The number of hydrogen-bond donors (Lipinski definition) is 2. The average molecular weight is 607 g/mol. The van der Waals surface area contributed by atoms with Crippen molar-refractivity contribution in [2.75, 3.05) is 6.54 Å². The molecule has 2 N–H and O–H groups in total. The maximum absolute atomic E-state index is 13.1. The van der Waals surface area contributed by atoms with Crippen LogP contribution in [0.5, 0.6) is 11.5 Å². The molecule has 0 spiro atoms. The normalized spacial score (nSPS) is 19.2. The fourth-order valence-electron chi connectivity index (χ4n) is 7.05. The van der Waals surface area contributed by atoms with Crippen molar-refractivity contribution in [2.24, 2.45) is 10.8 Å². The van der Waals surface area contributed by atoms with E-state index in [1.165, 1.54) is 51.4 Å². The summed E-state index contributed by atoms with van der Waals surface area (Å²) in [5.74, 6) is 1.28. The van der Waals surface area contributed by atoms with Gasteiger partial charge < -0.3 is 20.1 Å². The highest BCUT2D eigenvalue weighted by Crippen LogP contribution is 2.46. The van der Waals surface area contributed by atoms with Crippen LogP contribution in [-0.2, 0) is 12.8 Å². The summed E-state index contributed by atoms with van der Waals surface area (Å²) >= 11 is 0. The van der Waals surface area contributed by atoms with Gasteiger partial charge in [0, 0.05) is 12.6 Å². The molecule has 2 aromatic rings. The Bertz CT molecular complexity index is 1160. The number of carbonyl (C=O) groups excluding carboxylic acids is 2. The van der Waals surface area contributed by atoms with Gasteiger partial charge in [-0.2, -0.15) is 0 Å². The smallest absolute Gasteiger partial charge is 0.410 e. The summed E-state index contributed by atoms with van der Waals surface area (Å²) in [4.78, 5) is 26.0. The van der Waals surface area contributed by atoms with E-state index in [1.54, 1.807) is 0 Å². The Hall–Kier alpha value is -3.02. The first kappa shape index (κ1) is 35.5. The van der Waals surface area contributed by atoms with Crippen LogP contribution in [0.1, 0.15) is 129 Å². The fraction of sp³-hybridized carbons (Fsp3) is 0.632. The summed E-state index contributed by atoms with van der Waals surface area (Å²) in [5, 5.41) is 6.19. The van der Waals surface area contributed by atoms with Crippen LogP contribution in [-0.4, -0.2) is 24.8 Å². The molecule has 244 valence electrons. The Morgan fingerprint density at radius 1 is 0.705 bits per heavy atom. The van der Waals surface area contributed by atoms with Gasteiger partial charge in [0.25, 0.3) is 0 Å². The van der Waals surface area contributed by atoms with Crippen molar-refractivity contribution in [3.8, 4) is 11.5 Å². The summed E-state index contributed by atoms with van der Waals surface area (Å²) in [6.45, 7) is 11.6. The largest absolute Gasteiger partial charge is 0.412 e. The van der Waals surface area contributed by atoms with E-state index in [-0.39, 0.29) is 16.9 Å². The third-order valence-corrected chi connectivity index (χ3v) is 8.87. The van der Waals surface area contributed by atoms with Gasteiger partial charge >= 0.3 is 12.2 Å². The summed E-state index contributed by atoms with van der Waals surface area (Å²) in [6.07, 6.45) is 15.6. The Labute approximate surface area is 267 Å². The molecule has 0 radical (unpaired) electrons. The molecule has 0 bridgehead atoms. The molecule has 0 saturated heterocycles. The second-order valence-electron chi connectivity index (χ2n) is 14.1. The molecular formula is C38H58N2O4. The molecule has 6 nitrogen and oxygen atoms in total. The minimum atomic E-state index is -0.428. The van der Waals surface area contributed by atoms with Crippen LogP contribution in [0.4, 0.5) is 9.59 Å². The van der Waals surface area contributed by atoms with Gasteiger partial charge in [-0.15, -0.1) is 0 Å². The molecule has 2 amide bonds. The summed E-state index contributed by atoms with van der Waals surface area (Å²) in [6, 6.07) is 15.7. The van der Waals surface area contributed by atoms with Gasteiger partial charge in [0.05, 0.1) is 0 Å². The molecule has 0 heterocycles. The van der Waals surface area contributed by atoms with Crippen LogP contribution < -0.4 is 20.1 Å². The topological polar surface area (TPSA) is 76.7 Å². The van der Waals surface area contributed by atoms with Crippen LogP contribution in [0, 0.1) is 10.8 Å². The quantitative estimate of drug-likeness (QED) is 0.176. The summed E-state index contributed by atoms with van der Waals surface area (Å²) < 4.78 is 11.6. The molecule has 2 unspecified atom stereocenters. The van der Waals surface area contributed by atoms with E-state index in [1.807, 2.05) is 36.4 Å². The van der Waals surface area contributed by atoms with Gasteiger partial charge in [0.2, 0.25) is 0 Å².